The normalized spacial score (nSPS) is 17.7. The van der Waals surface area contributed by atoms with E-state index in [-0.39, 0.29) is 6.04 Å². The van der Waals surface area contributed by atoms with E-state index in [1.54, 1.807) is 0 Å². The number of aromatic amines is 1. The van der Waals surface area contributed by atoms with Gasteiger partial charge in [0.1, 0.15) is 0 Å². The molecule has 0 spiro atoms. The van der Waals surface area contributed by atoms with Crippen LogP contribution in [0.2, 0.25) is 0 Å². The van der Waals surface area contributed by atoms with E-state index in [1.807, 2.05) is 12.4 Å². The molecule has 1 aromatic carbocycles. The minimum Gasteiger partial charge on any atom is -0.356 e. The number of hydrogen-bond acceptors (Lipinski definition) is 2. The Kier molecular flexibility index (Phi) is 3.05. The summed E-state index contributed by atoms with van der Waals surface area (Å²) in [6.07, 6.45) is 4.92. The number of benzene rings is 1. The fraction of sp³-hybridized carbons (Fsp3) is 0.316. The van der Waals surface area contributed by atoms with Crippen LogP contribution in [-0.4, -0.2) is 16.5 Å². The molecule has 22 heavy (non-hydrogen) atoms. The topological polar surface area (TPSA) is 40.7 Å². The number of fused-ring (bicyclic) bond motifs is 3. The molecule has 0 saturated heterocycles. The molecule has 2 N–H and O–H groups in total. The first-order valence-electron chi connectivity index (χ1n) is 7.90. The Balaban J connectivity index is 1.95. The third kappa shape index (κ3) is 1.97. The van der Waals surface area contributed by atoms with Crippen molar-refractivity contribution in [1.29, 1.82) is 0 Å². The summed E-state index contributed by atoms with van der Waals surface area (Å²) >= 11 is 0. The number of hydrogen-bond donors (Lipinski definition) is 2. The van der Waals surface area contributed by atoms with Gasteiger partial charge in [-0.05, 0) is 61.6 Å². The highest BCUT2D eigenvalue weighted by Crippen LogP contribution is 2.35. The third-order valence-corrected chi connectivity index (χ3v) is 4.78. The van der Waals surface area contributed by atoms with Crippen LogP contribution in [0.3, 0.4) is 0 Å². The summed E-state index contributed by atoms with van der Waals surface area (Å²) in [6.45, 7) is 7.52. The zero-order valence-electron chi connectivity index (χ0n) is 13.3. The largest absolute Gasteiger partial charge is 0.356 e. The first-order chi connectivity index (χ1) is 10.6. The van der Waals surface area contributed by atoms with Gasteiger partial charge in [0.05, 0.1) is 6.04 Å². The maximum absolute atomic E-state index is 4.23. The molecule has 1 aliphatic rings. The monoisotopic (exact) mass is 291 g/mol. The lowest BCUT2D eigenvalue weighted by Gasteiger charge is -2.25. The van der Waals surface area contributed by atoms with Gasteiger partial charge in [-0.25, -0.2) is 0 Å². The summed E-state index contributed by atoms with van der Waals surface area (Å²) in [7, 11) is 0. The highest BCUT2D eigenvalue weighted by Gasteiger charge is 2.26. The van der Waals surface area contributed by atoms with E-state index in [9.17, 15) is 0 Å². The van der Waals surface area contributed by atoms with Crippen molar-refractivity contribution in [1.82, 2.24) is 15.3 Å². The molecule has 3 aromatic rings. The number of nitrogens with one attached hydrogen (secondary N) is 2. The third-order valence-electron chi connectivity index (χ3n) is 4.78. The lowest BCUT2D eigenvalue weighted by atomic mass is 9.92. The summed E-state index contributed by atoms with van der Waals surface area (Å²) in [4.78, 5) is 7.93. The number of pyridine rings is 1. The average molecular weight is 291 g/mol. The van der Waals surface area contributed by atoms with Crippen LogP contribution in [0.25, 0.3) is 10.9 Å². The summed E-state index contributed by atoms with van der Waals surface area (Å²) in [6, 6.07) is 6.94. The Bertz CT molecular complexity index is 860. The van der Waals surface area contributed by atoms with E-state index in [4.69, 9.17) is 0 Å². The Morgan fingerprint density at radius 1 is 1.14 bits per heavy atom. The average Bonchev–Trinajstić information content (AvgIpc) is 2.87. The predicted octanol–water partition coefficient (Wildman–Crippen LogP) is 3.72. The Morgan fingerprint density at radius 2 is 2.00 bits per heavy atom. The Morgan fingerprint density at radius 3 is 2.82 bits per heavy atom. The van der Waals surface area contributed by atoms with Gasteiger partial charge in [-0.3, -0.25) is 4.98 Å². The van der Waals surface area contributed by atoms with Crippen molar-refractivity contribution in [3.63, 3.8) is 0 Å². The van der Waals surface area contributed by atoms with Gasteiger partial charge < -0.3 is 10.3 Å². The molecular formula is C19H21N3. The van der Waals surface area contributed by atoms with E-state index in [1.165, 1.54) is 44.4 Å². The minimum absolute atomic E-state index is 0.235. The molecular weight excluding hydrogens is 270 g/mol. The molecule has 4 rings (SSSR count). The SMILES string of the molecule is Cc1cc(C)c2[nH]c3c(c2c1)CCNC3c1ccncc1C. The second-order valence-electron chi connectivity index (χ2n) is 6.39. The van der Waals surface area contributed by atoms with Crippen LogP contribution >= 0.6 is 0 Å². The predicted molar refractivity (Wildman–Crippen MR) is 90.3 cm³/mol. The van der Waals surface area contributed by atoms with Crippen molar-refractivity contribution >= 4 is 10.9 Å². The van der Waals surface area contributed by atoms with Gasteiger partial charge in [-0.15, -0.1) is 0 Å². The molecule has 1 unspecified atom stereocenters. The van der Waals surface area contributed by atoms with Crippen LogP contribution in [0.1, 0.15) is 39.6 Å². The first kappa shape index (κ1) is 13.5. The second-order valence-corrected chi connectivity index (χ2v) is 6.39. The summed E-state index contributed by atoms with van der Waals surface area (Å²) < 4.78 is 0. The molecule has 2 aromatic heterocycles. The molecule has 0 amide bonds. The quantitative estimate of drug-likeness (QED) is 0.717. The number of rotatable bonds is 1. The molecule has 0 saturated carbocycles. The van der Waals surface area contributed by atoms with Gasteiger partial charge >= 0.3 is 0 Å². The van der Waals surface area contributed by atoms with Crippen molar-refractivity contribution in [3.8, 4) is 0 Å². The maximum atomic E-state index is 4.23. The number of H-pyrrole nitrogens is 1. The summed E-state index contributed by atoms with van der Waals surface area (Å²) in [5.74, 6) is 0. The van der Waals surface area contributed by atoms with Gasteiger partial charge in [0.25, 0.3) is 0 Å². The molecule has 1 atom stereocenters. The van der Waals surface area contributed by atoms with Crippen LogP contribution < -0.4 is 5.32 Å². The van der Waals surface area contributed by atoms with E-state index in [0.717, 1.165) is 13.0 Å². The van der Waals surface area contributed by atoms with Gasteiger partial charge in [0.2, 0.25) is 0 Å². The van der Waals surface area contributed by atoms with Crippen molar-refractivity contribution in [2.24, 2.45) is 0 Å². The second kappa shape index (κ2) is 4.96. The lowest BCUT2D eigenvalue weighted by molar-refractivity contribution is 0.557. The zero-order valence-corrected chi connectivity index (χ0v) is 13.3. The Labute approximate surface area is 130 Å². The molecule has 3 heteroatoms. The van der Waals surface area contributed by atoms with Crippen molar-refractivity contribution in [2.45, 2.75) is 33.2 Å². The smallest absolute Gasteiger partial charge is 0.0736 e. The molecule has 0 fully saturated rings. The van der Waals surface area contributed by atoms with Gasteiger partial charge in [-0.2, -0.15) is 0 Å². The van der Waals surface area contributed by atoms with Crippen molar-refractivity contribution in [2.75, 3.05) is 6.54 Å². The molecule has 0 aliphatic carbocycles. The van der Waals surface area contributed by atoms with Crippen LogP contribution in [0.15, 0.2) is 30.6 Å². The number of nitrogens with zero attached hydrogens (tertiary/aromatic N) is 1. The van der Waals surface area contributed by atoms with Crippen LogP contribution in [0.5, 0.6) is 0 Å². The number of aromatic nitrogens is 2. The summed E-state index contributed by atoms with van der Waals surface area (Å²) in [5, 5.41) is 5.06. The maximum Gasteiger partial charge on any atom is 0.0736 e. The van der Waals surface area contributed by atoms with Gasteiger partial charge in [0.15, 0.2) is 0 Å². The molecule has 3 heterocycles. The van der Waals surface area contributed by atoms with Crippen molar-refractivity contribution in [3.05, 3.63) is 64.1 Å². The molecule has 112 valence electrons. The van der Waals surface area contributed by atoms with E-state index >= 15 is 0 Å². The summed E-state index contributed by atoms with van der Waals surface area (Å²) in [5.41, 5.74) is 9.30. The molecule has 3 nitrogen and oxygen atoms in total. The van der Waals surface area contributed by atoms with Crippen molar-refractivity contribution < 1.29 is 0 Å². The number of aryl methyl sites for hydroxylation is 3. The van der Waals surface area contributed by atoms with E-state index < -0.39 is 0 Å². The van der Waals surface area contributed by atoms with Crippen LogP contribution in [-0.2, 0) is 6.42 Å². The molecule has 0 bridgehead atoms. The lowest BCUT2D eigenvalue weighted by Crippen LogP contribution is -2.30. The fourth-order valence-corrected chi connectivity index (χ4v) is 3.76. The standard InChI is InChI=1S/C19H21N3/c1-11-8-12(2)17-16(9-11)15-5-7-21-18(19(15)22-17)14-4-6-20-10-13(14)3/h4,6,8-10,18,21-22H,5,7H2,1-3H3. The van der Waals surface area contributed by atoms with E-state index in [0.29, 0.717) is 0 Å². The zero-order chi connectivity index (χ0) is 15.3. The molecule has 1 aliphatic heterocycles. The van der Waals surface area contributed by atoms with Gasteiger partial charge in [0, 0.05) is 35.5 Å². The fourth-order valence-electron chi connectivity index (χ4n) is 3.76. The molecule has 0 radical (unpaired) electrons. The Hall–Kier alpha value is -2.13. The first-order valence-corrected chi connectivity index (χ1v) is 7.90. The van der Waals surface area contributed by atoms with E-state index in [2.05, 4.69) is 54.3 Å². The van der Waals surface area contributed by atoms with Crippen LogP contribution in [0, 0.1) is 20.8 Å². The van der Waals surface area contributed by atoms with Crippen LogP contribution in [0.4, 0.5) is 0 Å². The minimum atomic E-state index is 0.235. The van der Waals surface area contributed by atoms with Gasteiger partial charge in [-0.1, -0.05) is 11.6 Å². The highest BCUT2D eigenvalue weighted by atomic mass is 15.0. The highest BCUT2D eigenvalue weighted by molar-refractivity contribution is 5.88.